The van der Waals surface area contributed by atoms with Crippen LogP contribution in [0.5, 0.6) is 5.75 Å². The Bertz CT molecular complexity index is 1550. The fourth-order valence-corrected chi connectivity index (χ4v) is 4.52. The number of amides is 1. The molecule has 1 aliphatic rings. The van der Waals surface area contributed by atoms with Crippen molar-refractivity contribution in [3.05, 3.63) is 78.5 Å². The summed E-state index contributed by atoms with van der Waals surface area (Å²) >= 11 is 0. The Morgan fingerprint density at radius 3 is 2.83 bits per heavy atom. The molecule has 1 fully saturated rings. The van der Waals surface area contributed by atoms with Crippen molar-refractivity contribution in [2.75, 3.05) is 41.7 Å². The Kier molecular flexibility index (Phi) is 7.97. The van der Waals surface area contributed by atoms with Crippen LogP contribution < -0.4 is 20.9 Å². The summed E-state index contributed by atoms with van der Waals surface area (Å²) in [6.45, 7) is 4.47. The van der Waals surface area contributed by atoms with Crippen LogP contribution >= 0.6 is 0 Å². The number of rotatable bonds is 5. The van der Waals surface area contributed by atoms with Gasteiger partial charge in [0, 0.05) is 49.8 Å². The second-order valence-electron chi connectivity index (χ2n) is 9.30. The molecule has 0 unspecified atom stereocenters. The smallest absolute Gasteiger partial charge is 0.253 e. The highest BCUT2D eigenvalue weighted by Crippen LogP contribution is 2.32. The van der Waals surface area contributed by atoms with E-state index in [9.17, 15) is 9.90 Å². The molecule has 202 valence electrons. The number of nitrogens with zero attached hydrogens (tertiary/aromatic N) is 7. The third-order valence-electron chi connectivity index (χ3n) is 6.68. The van der Waals surface area contributed by atoms with Gasteiger partial charge in [0.25, 0.3) is 5.91 Å². The number of hydrogen-bond acceptors (Lipinski definition) is 10. The summed E-state index contributed by atoms with van der Waals surface area (Å²) in [7, 11) is 0. The average Bonchev–Trinajstić information content (AvgIpc) is 3.18. The highest BCUT2D eigenvalue weighted by molar-refractivity contribution is 5.93. The van der Waals surface area contributed by atoms with Gasteiger partial charge in [-0.25, -0.2) is 9.97 Å². The molecule has 3 aromatic heterocycles. The molecule has 11 nitrogen and oxygen atoms in total. The van der Waals surface area contributed by atoms with Crippen molar-refractivity contribution in [2.24, 2.45) is 0 Å². The molecule has 0 saturated carbocycles. The van der Waals surface area contributed by atoms with Crippen LogP contribution in [0.25, 0.3) is 11.3 Å². The first-order valence-electron chi connectivity index (χ1n) is 12.9. The number of nitrogens with one attached hydrogen (secondary N) is 1. The first kappa shape index (κ1) is 26.4. The lowest BCUT2D eigenvalue weighted by molar-refractivity contribution is 0.0958. The third-order valence-corrected chi connectivity index (χ3v) is 6.68. The first-order valence-corrected chi connectivity index (χ1v) is 12.9. The van der Waals surface area contributed by atoms with E-state index in [1.807, 2.05) is 18.2 Å². The summed E-state index contributed by atoms with van der Waals surface area (Å²) in [5.74, 6) is 7.26. The molecule has 0 radical (unpaired) electrons. The number of carbonyl (C=O) groups excluding carboxylic acids is 1. The zero-order valence-corrected chi connectivity index (χ0v) is 22.0. The number of hydrogen-bond donors (Lipinski definition) is 3. The molecule has 5 rings (SSSR count). The monoisotopic (exact) mass is 535 g/mol. The van der Waals surface area contributed by atoms with E-state index in [4.69, 9.17) is 5.73 Å². The van der Waals surface area contributed by atoms with Crippen molar-refractivity contribution >= 4 is 23.2 Å². The molecular weight excluding hydrogens is 506 g/mol. The Morgan fingerprint density at radius 2 is 2.00 bits per heavy atom. The molecule has 4 aromatic rings. The van der Waals surface area contributed by atoms with Gasteiger partial charge in [0.2, 0.25) is 5.82 Å². The van der Waals surface area contributed by atoms with Crippen molar-refractivity contribution in [3.8, 4) is 28.8 Å². The number of phenols is 1. The molecule has 40 heavy (non-hydrogen) atoms. The molecule has 4 N–H and O–H groups in total. The van der Waals surface area contributed by atoms with Crippen molar-refractivity contribution < 1.29 is 9.90 Å². The second kappa shape index (κ2) is 12.1. The number of benzene rings is 1. The van der Waals surface area contributed by atoms with Gasteiger partial charge in [-0.15, -0.1) is 10.2 Å². The number of para-hydroxylation sites is 1. The number of nitrogen functional groups attached to an aromatic ring is 1. The largest absolute Gasteiger partial charge is 0.507 e. The molecule has 0 spiro atoms. The lowest BCUT2D eigenvalue weighted by Crippen LogP contribution is -2.35. The van der Waals surface area contributed by atoms with Gasteiger partial charge in [-0.3, -0.25) is 9.78 Å². The molecule has 1 aromatic carbocycles. The van der Waals surface area contributed by atoms with E-state index >= 15 is 0 Å². The van der Waals surface area contributed by atoms with Crippen molar-refractivity contribution in [1.82, 2.24) is 30.5 Å². The first-order chi connectivity index (χ1) is 19.5. The number of nitrogens with two attached hydrogens (primary N) is 1. The highest BCUT2D eigenvalue weighted by Gasteiger charge is 2.24. The molecule has 1 amide bonds. The maximum Gasteiger partial charge on any atom is 0.253 e. The number of aromatic nitrogens is 5. The summed E-state index contributed by atoms with van der Waals surface area (Å²) < 4.78 is 0. The summed E-state index contributed by atoms with van der Waals surface area (Å²) in [6, 6.07) is 14.4. The summed E-state index contributed by atoms with van der Waals surface area (Å²) in [5, 5.41) is 21.4. The number of pyridine rings is 1. The van der Waals surface area contributed by atoms with Crippen LogP contribution in [0.1, 0.15) is 29.5 Å². The van der Waals surface area contributed by atoms with E-state index in [-0.39, 0.29) is 24.2 Å². The second-order valence-corrected chi connectivity index (χ2v) is 9.30. The van der Waals surface area contributed by atoms with Crippen LogP contribution in [0.4, 0.5) is 17.3 Å². The van der Waals surface area contributed by atoms with Gasteiger partial charge in [-0.1, -0.05) is 18.1 Å². The predicted octanol–water partition coefficient (Wildman–Crippen LogP) is 2.50. The fraction of sp³-hybridized carbons (Fsp3) is 0.241. The van der Waals surface area contributed by atoms with Gasteiger partial charge in [-0.05, 0) is 55.7 Å². The van der Waals surface area contributed by atoms with Crippen LogP contribution in [-0.4, -0.2) is 68.4 Å². The maximum atomic E-state index is 12.2. The maximum absolute atomic E-state index is 12.2. The molecule has 1 aliphatic heterocycles. The Morgan fingerprint density at radius 1 is 1.12 bits per heavy atom. The van der Waals surface area contributed by atoms with Crippen molar-refractivity contribution in [3.63, 3.8) is 0 Å². The van der Waals surface area contributed by atoms with Crippen LogP contribution in [0.3, 0.4) is 0 Å². The topological polar surface area (TPSA) is 146 Å². The summed E-state index contributed by atoms with van der Waals surface area (Å²) in [4.78, 5) is 29.5. The van der Waals surface area contributed by atoms with Gasteiger partial charge in [0.05, 0.1) is 23.5 Å². The van der Waals surface area contributed by atoms with Gasteiger partial charge >= 0.3 is 0 Å². The Hall–Kier alpha value is -5.24. The standard InChI is InChI=1S/C29H29N9O2/c1-20-11-15-37(24-18-23(35-36-28(24)30)22-7-2-3-8-25(22)39)16-17-38(20)27-10-14-32-26(34-27)9-5-13-33-29(40)21-6-4-12-31-19-21/h2-4,6-8,10,12,14,18-20,39H,11,13,15-17H2,1H3,(H2,30,36)(H,33,40)/t20-/m1/s1. The fourth-order valence-electron chi connectivity index (χ4n) is 4.52. The molecule has 1 saturated heterocycles. The van der Waals surface area contributed by atoms with Gasteiger partial charge in [0.15, 0.2) is 5.82 Å². The zero-order chi connectivity index (χ0) is 27.9. The lowest BCUT2D eigenvalue weighted by atomic mass is 10.1. The summed E-state index contributed by atoms with van der Waals surface area (Å²) in [5.41, 5.74) is 8.67. The van der Waals surface area contributed by atoms with Crippen LogP contribution in [0.2, 0.25) is 0 Å². The minimum absolute atomic E-state index is 0.140. The number of phenolic OH excluding ortho intramolecular Hbond substituents is 1. The molecule has 4 heterocycles. The van der Waals surface area contributed by atoms with E-state index in [0.717, 1.165) is 24.5 Å². The Labute approximate surface area is 232 Å². The molecule has 1 atom stereocenters. The molecule has 0 aliphatic carbocycles. The minimum Gasteiger partial charge on any atom is -0.507 e. The predicted molar refractivity (Wildman–Crippen MR) is 153 cm³/mol. The molecular formula is C29H29N9O2. The van der Waals surface area contributed by atoms with E-state index in [2.05, 4.69) is 59.0 Å². The average molecular weight is 536 g/mol. The number of aromatic hydroxyl groups is 1. The summed E-state index contributed by atoms with van der Waals surface area (Å²) in [6.07, 6.45) is 5.67. The highest BCUT2D eigenvalue weighted by atomic mass is 16.3. The molecule has 0 bridgehead atoms. The number of anilines is 3. The minimum atomic E-state index is -0.238. The van der Waals surface area contributed by atoms with Gasteiger partial charge < -0.3 is 26.0 Å². The quantitative estimate of drug-likeness (QED) is 0.326. The SMILES string of the molecule is C[C@@H]1CCN(c2cc(-c3ccccc3O)nnc2N)CCN1c1ccnc(C#CCNC(=O)c2cccnc2)n1. The van der Waals surface area contributed by atoms with Gasteiger partial charge in [-0.2, -0.15) is 0 Å². The van der Waals surface area contributed by atoms with Crippen molar-refractivity contribution in [2.45, 2.75) is 19.4 Å². The van der Waals surface area contributed by atoms with E-state index in [1.165, 1.54) is 6.20 Å². The normalized spacial score (nSPS) is 15.1. The third kappa shape index (κ3) is 6.07. The Balaban J connectivity index is 1.26. The van der Waals surface area contributed by atoms with E-state index < -0.39 is 0 Å². The van der Waals surface area contributed by atoms with Crippen molar-refractivity contribution in [1.29, 1.82) is 0 Å². The van der Waals surface area contributed by atoms with Gasteiger partial charge in [0.1, 0.15) is 11.6 Å². The number of carbonyl (C=O) groups is 1. The van der Waals surface area contributed by atoms with Crippen LogP contribution in [0.15, 0.2) is 67.1 Å². The van der Waals surface area contributed by atoms with E-state index in [0.29, 0.717) is 41.6 Å². The molecule has 11 heteroatoms. The van der Waals surface area contributed by atoms with Crippen LogP contribution in [-0.2, 0) is 0 Å². The van der Waals surface area contributed by atoms with Crippen LogP contribution in [0, 0.1) is 11.8 Å². The zero-order valence-electron chi connectivity index (χ0n) is 22.0. The van der Waals surface area contributed by atoms with E-state index in [1.54, 1.807) is 42.7 Å². The lowest BCUT2D eigenvalue weighted by Gasteiger charge is -2.28.